The molecule has 2 fully saturated rings. The maximum Gasteiger partial charge on any atom is 0.273 e. The molecule has 0 bridgehead atoms. The van der Waals surface area contributed by atoms with Crippen molar-refractivity contribution in [2.45, 2.75) is 37.5 Å². The Morgan fingerprint density at radius 1 is 1.42 bits per heavy atom. The molecule has 24 heavy (non-hydrogen) atoms. The monoisotopic (exact) mass is 345 g/mol. The average molecular weight is 345 g/mol. The van der Waals surface area contributed by atoms with Crippen molar-refractivity contribution in [2.24, 2.45) is 0 Å². The van der Waals surface area contributed by atoms with E-state index in [1.165, 1.54) is 11.3 Å². The van der Waals surface area contributed by atoms with Gasteiger partial charge in [-0.1, -0.05) is 0 Å². The van der Waals surface area contributed by atoms with E-state index >= 15 is 0 Å². The maximum atomic E-state index is 12.5. The number of nitrogens with zero attached hydrogens (tertiary/aromatic N) is 3. The second kappa shape index (κ2) is 6.86. The Hall–Kier alpha value is -1.99. The van der Waals surface area contributed by atoms with Crippen LogP contribution in [0.3, 0.4) is 0 Å². The van der Waals surface area contributed by atoms with Gasteiger partial charge >= 0.3 is 0 Å². The number of likely N-dealkylation sites (tertiary alicyclic amines) is 1. The molecule has 2 aromatic rings. The van der Waals surface area contributed by atoms with Gasteiger partial charge in [0, 0.05) is 18.1 Å². The molecule has 0 radical (unpaired) electrons. The summed E-state index contributed by atoms with van der Waals surface area (Å²) in [5.74, 6) is 0.785. The minimum atomic E-state index is 0.0254. The predicted molar refractivity (Wildman–Crippen MR) is 89.2 cm³/mol. The van der Waals surface area contributed by atoms with E-state index in [9.17, 15) is 4.79 Å². The number of amides is 1. The van der Waals surface area contributed by atoms with E-state index in [1.807, 2.05) is 22.4 Å². The molecule has 2 aliphatic heterocycles. The molecule has 2 saturated heterocycles. The summed E-state index contributed by atoms with van der Waals surface area (Å²) >= 11 is 1.45. The number of carbonyl (C=O) groups is 1. The van der Waals surface area contributed by atoms with Crippen molar-refractivity contribution in [1.82, 2.24) is 14.9 Å². The van der Waals surface area contributed by atoms with Gasteiger partial charge in [0.1, 0.15) is 18.1 Å². The van der Waals surface area contributed by atoms with Crippen LogP contribution in [0.5, 0.6) is 5.75 Å². The van der Waals surface area contributed by atoms with Crippen LogP contribution in [0, 0.1) is 0 Å². The van der Waals surface area contributed by atoms with Crippen LogP contribution in [0.25, 0.3) is 0 Å². The van der Waals surface area contributed by atoms with Crippen molar-refractivity contribution in [3.05, 3.63) is 41.1 Å². The molecule has 2 aliphatic rings. The van der Waals surface area contributed by atoms with Crippen molar-refractivity contribution in [2.75, 3.05) is 13.2 Å². The molecule has 0 unspecified atom stereocenters. The summed E-state index contributed by atoms with van der Waals surface area (Å²) in [6.45, 7) is 1.26. The highest BCUT2D eigenvalue weighted by Gasteiger charge is 2.42. The van der Waals surface area contributed by atoms with Crippen LogP contribution in [0.1, 0.15) is 29.8 Å². The van der Waals surface area contributed by atoms with Crippen molar-refractivity contribution >= 4 is 17.2 Å². The SMILES string of the molecule is O=C(c1cscn1)N1CC[C@@H]2O[C@H](COc3cccnc3)CC[C@@H]21. The van der Waals surface area contributed by atoms with Crippen LogP contribution in [-0.4, -0.2) is 52.2 Å². The molecular formula is C17H19N3O3S. The van der Waals surface area contributed by atoms with Gasteiger partial charge in [0.15, 0.2) is 0 Å². The molecule has 0 N–H and O–H groups in total. The third-order valence-electron chi connectivity index (χ3n) is 4.62. The number of aromatic nitrogens is 2. The Morgan fingerprint density at radius 3 is 3.17 bits per heavy atom. The van der Waals surface area contributed by atoms with Crippen LogP contribution in [0.4, 0.5) is 0 Å². The summed E-state index contributed by atoms with van der Waals surface area (Å²) in [5, 5.41) is 1.81. The Morgan fingerprint density at radius 2 is 2.38 bits per heavy atom. The van der Waals surface area contributed by atoms with Gasteiger partial charge in [0.25, 0.3) is 5.91 Å². The standard InChI is InChI=1S/C17H19N3O3S/c21-17(14-10-24-11-19-14)20-7-5-16-15(20)4-3-13(23-16)9-22-12-2-1-6-18-8-12/h1-2,6,8,10-11,13,15-16H,3-5,7,9H2/t13-,15-,16-/m0/s1. The molecule has 0 saturated carbocycles. The van der Waals surface area contributed by atoms with Crippen LogP contribution in [-0.2, 0) is 4.74 Å². The topological polar surface area (TPSA) is 64.6 Å². The molecule has 0 aliphatic carbocycles. The lowest BCUT2D eigenvalue weighted by Crippen LogP contribution is -2.46. The van der Waals surface area contributed by atoms with Gasteiger partial charge in [-0.15, -0.1) is 11.3 Å². The van der Waals surface area contributed by atoms with E-state index in [0.717, 1.165) is 31.6 Å². The van der Waals surface area contributed by atoms with E-state index in [2.05, 4.69) is 9.97 Å². The third kappa shape index (κ3) is 3.14. The average Bonchev–Trinajstić information content (AvgIpc) is 3.30. The first-order chi connectivity index (χ1) is 11.8. The van der Waals surface area contributed by atoms with Crippen molar-refractivity contribution in [3.63, 3.8) is 0 Å². The molecule has 4 rings (SSSR count). The normalized spacial score (nSPS) is 26.2. The van der Waals surface area contributed by atoms with E-state index in [4.69, 9.17) is 9.47 Å². The largest absolute Gasteiger partial charge is 0.489 e. The third-order valence-corrected chi connectivity index (χ3v) is 5.20. The quantitative estimate of drug-likeness (QED) is 0.851. The summed E-state index contributed by atoms with van der Waals surface area (Å²) in [4.78, 5) is 22.6. The molecule has 2 aromatic heterocycles. The van der Waals surface area contributed by atoms with Gasteiger partial charge in [-0.05, 0) is 31.4 Å². The van der Waals surface area contributed by atoms with Gasteiger partial charge in [-0.2, -0.15) is 0 Å². The second-order valence-electron chi connectivity index (χ2n) is 6.10. The lowest BCUT2D eigenvalue weighted by Gasteiger charge is -2.35. The lowest BCUT2D eigenvalue weighted by molar-refractivity contribution is -0.0802. The number of hydrogen-bond acceptors (Lipinski definition) is 6. The van der Waals surface area contributed by atoms with Crippen LogP contribution >= 0.6 is 11.3 Å². The molecule has 4 heterocycles. The molecule has 0 aromatic carbocycles. The number of thiazole rings is 1. The first-order valence-corrected chi connectivity index (χ1v) is 9.13. The number of hydrogen-bond donors (Lipinski definition) is 0. The summed E-state index contributed by atoms with van der Waals surface area (Å²) in [6.07, 6.45) is 6.31. The van der Waals surface area contributed by atoms with Gasteiger partial charge in [-0.3, -0.25) is 9.78 Å². The number of fused-ring (bicyclic) bond motifs is 1. The zero-order valence-electron chi connectivity index (χ0n) is 13.2. The molecule has 126 valence electrons. The first kappa shape index (κ1) is 15.5. The molecule has 3 atom stereocenters. The number of carbonyl (C=O) groups excluding carboxylic acids is 1. The number of pyridine rings is 1. The van der Waals surface area contributed by atoms with E-state index in [1.54, 1.807) is 17.9 Å². The summed E-state index contributed by atoms with van der Waals surface area (Å²) in [5.41, 5.74) is 2.24. The van der Waals surface area contributed by atoms with Gasteiger partial charge < -0.3 is 14.4 Å². The van der Waals surface area contributed by atoms with E-state index < -0.39 is 0 Å². The summed E-state index contributed by atoms with van der Waals surface area (Å²) in [6, 6.07) is 3.91. The second-order valence-corrected chi connectivity index (χ2v) is 6.82. The molecule has 1 amide bonds. The summed E-state index contributed by atoms with van der Waals surface area (Å²) in [7, 11) is 0. The van der Waals surface area contributed by atoms with Crippen LogP contribution in [0.2, 0.25) is 0 Å². The highest BCUT2D eigenvalue weighted by atomic mass is 32.1. The summed E-state index contributed by atoms with van der Waals surface area (Å²) < 4.78 is 11.9. The van der Waals surface area contributed by atoms with E-state index in [-0.39, 0.29) is 24.2 Å². The Bertz CT molecular complexity index is 680. The zero-order chi connectivity index (χ0) is 16.4. The van der Waals surface area contributed by atoms with Gasteiger partial charge in [-0.25, -0.2) is 4.98 Å². The zero-order valence-corrected chi connectivity index (χ0v) is 14.0. The Labute approximate surface area is 144 Å². The van der Waals surface area contributed by atoms with Gasteiger partial charge in [0.2, 0.25) is 0 Å². The highest BCUT2D eigenvalue weighted by Crippen LogP contribution is 2.32. The molecule has 7 heteroatoms. The lowest BCUT2D eigenvalue weighted by atomic mass is 9.99. The maximum absolute atomic E-state index is 12.5. The number of rotatable bonds is 4. The fourth-order valence-corrected chi connectivity index (χ4v) is 3.99. The first-order valence-electron chi connectivity index (χ1n) is 8.18. The predicted octanol–water partition coefficient (Wildman–Crippen LogP) is 2.38. The van der Waals surface area contributed by atoms with Gasteiger partial charge in [0.05, 0.1) is 30.0 Å². The van der Waals surface area contributed by atoms with Crippen LogP contribution < -0.4 is 4.74 Å². The Balaban J connectivity index is 1.33. The minimum absolute atomic E-state index is 0.0254. The smallest absolute Gasteiger partial charge is 0.273 e. The molecule has 0 spiro atoms. The number of ether oxygens (including phenoxy) is 2. The van der Waals surface area contributed by atoms with Crippen molar-refractivity contribution in [1.29, 1.82) is 0 Å². The van der Waals surface area contributed by atoms with Crippen molar-refractivity contribution < 1.29 is 14.3 Å². The van der Waals surface area contributed by atoms with Crippen LogP contribution in [0.15, 0.2) is 35.4 Å². The fourth-order valence-electron chi connectivity index (χ4n) is 3.46. The minimum Gasteiger partial charge on any atom is -0.489 e. The fraction of sp³-hybridized carbons (Fsp3) is 0.471. The highest BCUT2D eigenvalue weighted by molar-refractivity contribution is 7.07. The van der Waals surface area contributed by atoms with E-state index in [0.29, 0.717) is 12.3 Å². The molecule has 6 nitrogen and oxygen atoms in total. The molecular weight excluding hydrogens is 326 g/mol. The van der Waals surface area contributed by atoms with Crippen molar-refractivity contribution in [3.8, 4) is 5.75 Å². The Kier molecular flexibility index (Phi) is 4.44.